The highest BCUT2D eigenvalue weighted by Crippen LogP contribution is 2.28. The molecule has 1 aliphatic carbocycles. The molecule has 0 aromatic carbocycles. The van der Waals surface area contributed by atoms with E-state index in [1.807, 2.05) is 0 Å². The molecule has 3 N–H and O–H groups in total. The lowest BCUT2D eigenvalue weighted by molar-refractivity contribution is 0.306. The molecule has 1 heterocycles. The van der Waals surface area contributed by atoms with Crippen LogP contribution < -0.4 is 10.5 Å². The molecule has 0 radical (unpaired) electrons. The summed E-state index contributed by atoms with van der Waals surface area (Å²) in [4.78, 5) is 3.85. The number of halogens is 1. The number of aromatic nitrogens is 1. The summed E-state index contributed by atoms with van der Waals surface area (Å²) >= 11 is 5.82. The Morgan fingerprint density at radius 3 is 2.60 bits per heavy atom. The standard InChI is InChI=1S/C13H20ClN3O2S/c1-2-9-3-5-10(6-4-9)17-20(18,19)11-7-12(14)13(15)16-8-11/h7-10,17H,2-6H2,1H3,(H2,15,16). The number of anilines is 1. The van der Waals surface area contributed by atoms with Crippen molar-refractivity contribution < 1.29 is 8.42 Å². The van der Waals surface area contributed by atoms with Crippen LogP contribution in [-0.4, -0.2) is 19.4 Å². The van der Waals surface area contributed by atoms with Gasteiger partial charge in [0.05, 0.1) is 5.02 Å². The van der Waals surface area contributed by atoms with Crippen LogP contribution in [-0.2, 0) is 10.0 Å². The smallest absolute Gasteiger partial charge is 0.242 e. The number of nitrogens with zero attached hydrogens (tertiary/aromatic N) is 1. The molecule has 0 atom stereocenters. The van der Waals surface area contributed by atoms with E-state index in [0.29, 0.717) is 0 Å². The van der Waals surface area contributed by atoms with Crippen LogP contribution >= 0.6 is 11.6 Å². The Morgan fingerprint density at radius 1 is 1.40 bits per heavy atom. The number of rotatable bonds is 4. The third-order valence-corrected chi connectivity index (χ3v) is 5.69. The van der Waals surface area contributed by atoms with Crippen molar-refractivity contribution in [1.29, 1.82) is 0 Å². The number of nitrogens with two attached hydrogens (primary N) is 1. The Balaban J connectivity index is 2.06. The molecule has 0 aliphatic heterocycles. The van der Waals surface area contributed by atoms with Crippen molar-refractivity contribution in [2.75, 3.05) is 5.73 Å². The molecule has 5 nitrogen and oxygen atoms in total. The SMILES string of the molecule is CCC1CCC(NS(=O)(=O)c2cnc(N)c(Cl)c2)CC1. The molecular weight excluding hydrogens is 298 g/mol. The quantitative estimate of drug-likeness (QED) is 0.893. The van der Waals surface area contributed by atoms with E-state index in [0.717, 1.165) is 38.0 Å². The Kier molecular flexibility index (Phi) is 4.88. The minimum atomic E-state index is -3.58. The van der Waals surface area contributed by atoms with Crippen LogP contribution in [0.3, 0.4) is 0 Å². The van der Waals surface area contributed by atoms with Gasteiger partial charge in [-0.15, -0.1) is 0 Å². The summed E-state index contributed by atoms with van der Waals surface area (Å²) < 4.78 is 27.3. The maximum Gasteiger partial charge on any atom is 0.242 e. The van der Waals surface area contributed by atoms with Gasteiger partial charge in [0.15, 0.2) is 0 Å². The molecule has 0 bridgehead atoms. The molecule has 0 unspecified atom stereocenters. The molecule has 1 fully saturated rings. The van der Waals surface area contributed by atoms with E-state index in [-0.39, 0.29) is 21.8 Å². The second kappa shape index (κ2) is 6.28. The Morgan fingerprint density at radius 2 is 2.05 bits per heavy atom. The Hall–Kier alpha value is -0.850. The maximum absolute atomic E-state index is 12.3. The van der Waals surface area contributed by atoms with Gasteiger partial charge in [0.2, 0.25) is 10.0 Å². The zero-order chi connectivity index (χ0) is 14.8. The molecule has 2 rings (SSSR count). The van der Waals surface area contributed by atoms with Crippen LogP contribution in [0.4, 0.5) is 5.82 Å². The molecule has 0 amide bonds. The predicted octanol–water partition coefficient (Wildman–Crippen LogP) is 2.56. The number of hydrogen-bond acceptors (Lipinski definition) is 4. The van der Waals surface area contributed by atoms with Gasteiger partial charge in [-0.25, -0.2) is 18.1 Å². The predicted molar refractivity (Wildman–Crippen MR) is 80.0 cm³/mol. The van der Waals surface area contributed by atoms with Gasteiger partial charge in [0.25, 0.3) is 0 Å². The summed E-state index contributed by atoms with van der Waals surface area (Å²) in [6, 6.07) is 1.34. The number of sulfonamides is 1. The van der Waals surface area contributed by atoms with Crippen LogP contribution in [0, 0.1) is 5.92 Å². The molecule has 1 aliphatic rings. The van der Waals surface area contributed by atoms with Gasteiger partial charge in [-0.1, -0.05) is 24.9 Å². The minimum absolute atomic E-state index is 0.000807. The second-order valence-electron chi connectivity index (χ2n) is 5.29. The van der Waals surface area contributed by atoms with Gasteiger partial charge in [-0.05, 0) is 37.7 Å². The Bertz CT molecular complexity index is 569. The average molecular weight is 318 g/mol. The summed E-state index contributed by atoms with van der Waals surface area (Å²) in [6.45, 7) is 2.18. The van der Waals surface area contributed by atoms with Crippen molar-refractivity contribution in [3.63, 3.8) is 0 Å². The summed E-state index contributed by atoms with van der Waals surface area (Å²) in [6.07, 6.45) is 6.31. The molecule has 7 heteroatoms. The van der Waals surface area contributed by atoms with E-state index < -0.39 is 10.0 Å². The lowest BCUT2D eigenvalue weighted by atomic mass is 9.85. The molecule has 0 spiro atoms. The third-order valence-electron chi connectivity index (χ3n) is 3.90. The first-order valence-electron chi connectivity index (χ1n) is 6.85. The zero-order valence-corrected chi connectivity index (χ0v) is 13.0. The fraction of sp³-hybridized carbons (Fsp3) is 0.615. The summed E-state index contributed by atoms with van der Waals surface area (Å²) in [5, 5.41) is 0.155. The van der Waals surface area contributed by atoms with Crippen LogP contribution in [0.25, 0.3) is 0 Å². The van der Waals surface area contributed by atoms with Crippen LogP contribution in [0.5, 0.6) is 0 Å². The van der Waals surface area contributed by atoms with E-state index in [1.165, 1.54) is 12.3 Å². The fourth-order valence-electron chi connectivity index (χ4n) is 2.55. The minimum Gasteiger partial charge on any atom is -0.382 e. The van der Waals surface area contributed by atoms with E-state index in [9.17, 15) is 8.42 Å². The molecule has 112 valence electrons. The van der Waals surface area contributed by atoms with Gasteiger partial charge >= 0.3 is 0 Å². The summed E-state index contributed by atoms with van der Waals surface area (Å²) in [5.74, 6) is 0.859. The topological polar surface area (TPSA) is 85.1 Å². The summed E-state index contributed by atoms with van der Waals surface area (Å²) in [7, 11) is -3.58. The van der Waals surface area contributed by atoms with Crippen molar-refractivity contribution >= 4 is 27.4 Å². The van der Waals surface area contributed by atoms with Crippen LogP contribution in [0.1, 0.15) is 39.0 Å². The lowest BCUT2D eigenvalue weighted by Crippen LogP contribution is -2.37. The van der Waals surface area contributed by atoms with Crippen molar-refractivity contribution in [3.8, 4) is 0 Å². The lowest BCUT2D eigenvalue weighted by Gasteiger charge is -2.28. The fourth-order valence-corrected chi connectivity index (χ4v) is 4.06. The van der Waals surface area contributed by atoms with Gasteiger partial charge in [0, 0.05) is 12.2 Å². The molecule has 1 saturated carbocycles. The van der Waals surface area contributed by atoms with Crippen molar-refractivity contribution in [3.05, 3.63) is 17.3 Å². The van der Waals surface area contributed by atoms with Gasteiger partial charge in [-0.3, -0.25) is 0 Å². The van der Waals surface area contributed by atoms with Crippen molar-refractivity contribution in [1.82, 2.24) is 9.71 Å². The van der Waals surface area contributed by atoms with Crippen LogP contribution in [0.2, 0.25) is 5.02 Å². The van der Waals surface area contributed by atoms with E-state index >= 15 is 0 Å². The maximum atomic E-state index is 12.3. The van der Waals surface area contributed by atoms with E-state index in [1.54, 1.807) is 0 Å². The first-order chi connectivity index (χ1) is 9.42. The second-order valence-corrected chi connectivity index (χ2v) is 7.41. The van der Waals surface area contributed by atoms with E-state index in [4.69, 9.17) is 17.3 Å². The van der Waals surface area contributed by atoms with Crippen molar-refractivity contribution in [2.24, 2.45) is 5.92 Å². The highest BCUT2D eigenvalue weighted by molar-refractivity contribution is 7.89. The number of nitrogens with one attached hydrogen (secondary N) is 1. The van der Waals surface area contributed by atoms with Crippen molar-refractivity contribution in [2.45, 2.75) is 50.0 Å². The average Bonchev–Trinajstić information content (AvgIpc) is 2.42. The third kappa shape index (κ3) is 3.62. The monoisotopic (exact) mass is 317 g/mol. The van der Waals surface area contributed by atoms with Gasteiger partial charge in [0.1, 0.15) is 10.7 Å². The van der Waals surface area contributed by atoms with Crippen LogP contribution in [0.15, 0.2) is 17.2 Å². The normalized spacial score (nSPS) is 23.7. The number of pyridine rings is 1. The first-order valence-corrected chi connectivity index (χ1v) is 8.72. The summed E-state index contributed by atoms with van der Waals surface area (Å²) in [5.41, 5.74) is 5.49. The van der Waals surface area contributed by atoms with E-state index in [2.05, 4.69) is 16.6 Å². The molecular formula is C13H20ClN3O2S. The molecule has 1 aromatic rings. The zero-order valence-electron chi connectivity index (χ0n) is 11.5. The molecule has 0 saturated heterocycles. The van der Waals surface area contributed by atoms with Gasteiger partial charge < -0.3 is 5.73 Å². The molecule has 1 aromatic heterocycles. The largest absolute Gasteiger partial charge is 0.382 e. The highest BCUT2D eigenvalue weighted by atomic mass is 35.5. The number of hydrogen-bond donors (Lipinski definition) is 2. The molecule has 20 heavy (non-hydrogen) atoms. The first kappa shape index (κ1) is 15.5. The van der Waals surface area contributed by atoms with Gasteiger partial charge in [-0.2, -0.15) is 0 Å². The number of nitrogen functional groups attached to an aromatic ring is 1. The highest BCUT2D eigenvalue weighted by Gasteiger charge is 2.25. The Labute approximate surface area is 125 Å².